The predicted octanol–water partition coefficient (Wildman–Crippen LogP) is 1.30. The summed E-state index contributed by atoms with van der Waals surface area (Å²) >= 11 is 1.69. The number of carbonyl (C=O) groups excluding carboxylic acids is 2. The van der Waals surface area contributed by atoms with Gasteiger partial charge >= 0.3 is 6.03 Å². The zero-order chi connectivity index (χ0) is 14.3. The summed E-state index contributed by atoms with van der Waals surface area (Å²) in [7, 11) is 3.31. The largest absolute Gasteiger partial charge is 0.341 e. The maximum atomic E-state index is 11.5. The van der Waals surface area contributed by atoms with Crippen molar-refractivity contribution in [1.29, 1.82) is 0 Å². The first-order valence-corrected chi connectivity index (χ1v) is 7.10. The topological polar surface area (TPSA) is 61.4 Å². The number of nitrogens with one attached hydrogen (secondary N) is 2. The SMILES string of the molecule is CNC(=O)NC(=O)CN(C)Cc1ccc(SC)cc1. The van der Waals surface area contributed by atoms with Crippen molar-refractivity contribution in [2.45, 2.75) is 11.4 Å². The molecule has 0 radical (unpaired) electrons. The van der Waals surface area contributed by atoms with Crippen molar-refractivity contribution in [2.75, 3.05) is 26.9 Å². The van der Waals surface area contributed by atoms with E-state index in [1.54, 1.807) is 11.8 Å². The van der Waals surface area contributed by atoms with Gasteiger partial charge in [-0.15, -0.1) is 11.8 Å². The van der Waals surface area contributed by atoms with Crippen LogP contribution in [0, 0.1) is 0 Å². The number of nitrogens with zero attached hydrogens (tertiary/aromatic N) is 1. The van der Waals surface area contributed by atoms with Gasteiger partial charge < -0.3 is 5.32 Å². The van der Waals surface area contributed by atoms with E-state index < -0.39 is 6.03 Å². The highest BCUT2D eigenvalue weighted by atomic mass is 32.2. The number of carbonyl (C=O) groups is 2. The maximum Gasteiger partial charge on any atom is 0.321 e. The van der Waals surface area contributed by atoms with Gasteiger partial charge in [-0.3, -0.25) is 15.0 Å². The van der Waals surface area contributed by atoms with Crippen molar-refractivity contribution in [3.63, 3.8) is 0 Å². The van der Waals surface area contributed by atoms with E-state index >= 15 is 0 Å². The monoisotopic (exact) mass is 281 g/mol. The first-order valence-electron chi connectivity index (χ1n) is 5.88. The van der Waals surface area contributed by atoms with E-state index in [0.717, 1.165) is 5.56 Å². The molecule has 6 heteroatoms. The Kier molecular flexibility index (Phi) is 6.38. The van der Waals surface area contributed by atoms with Crippen LogP contribution in [0.25, 0.3) is 0 Å². The van der Waals surface area contributed by atoms with Crippen LogP contribution in [0.15, 0.2) is 29.2 Å². The minimum Gasteiger partial charge on any atom is -0.341 e. The third kappa shape index (κ3) is 5.76. The number of thioether (sulfide) groups is 1. The summed E-state index contributed by atoms with van der Waals surface area (Å²) in [4.78, 5) is 25.5. The van der Waals surface area contributed by atoms with E-state index in [4.69, 9.17) is 0 Å². The third-order valence-electron chi connectivity index (χ3n) is 2.51. The Morgan fingerprint density at radius 3 is 2.42 bits per heavy atom. The molecule has 5 nitrogen and oxygen atoms in total. The van der Waals surface area contributed by atoms with Crippen molar-refractivity contribution in [3.05, 3.63) is 29.8 Å². The van der Waals surface area contributed by atoms with Crippen LogP contribution in [-0.2, 0) is 11.3 Å². The second-order valence-corrected chi connectivity index (χ2v) is 5.03. The lowest BCUT2D eigenvalue weighted by Gasteiger charge is -2.16. The van der Waals surface area contributed by atoms with Crippen LogP contribution in [-0.4, -0.2) is 43.7 Å². The molecule has 0 unspecified atom stereocenters. The predicted molar refractivity (Wildman–Crippen MR) is 77.2 cm³/mol. The Morgan fingerprint density at radius 1 is 1.26 bits per heavy atom. The molecule has 2 N–H and O–H groups in total. The first-order chi connectivity index (χ1) is 9.05. The van der Waals surface area contributed by atoms with Gasteiger partial charge in [0.1, 0.15) is 0 Å². The lowest BCUT2D eigenvalue weighted by Crippen LogP contribution is -2.42. The molecule has 0 aliphatic heterocycles. The van der Waals surface area contributed by atoms with E-state index in [-0.39, 0.29) is 12.5 Å². The van der Waals surface area contributed by atoms with Crippen molar-refractivity contribution in [3.8, 4) is 0 Å². The van der Waals surface area contributed by atoms with E-state index in [1.807, 2.05) is 30.3 Å². The van der Waals surface area contributed by atoms with E-state index in [2.05, 4.69) is 22.8 Å². The summed E-state index contributed by atoms with van der Waals surface area (Å²) in [6, 6.07) is 7.71. The van der Waals surface area contributed by atoms with E-state index in [9.17, 15) is 9.59 Å². The van der Waals surface area contributed by atoms with Crippen LogP contribution in [0.2, 0.25) is 0 Å². The quantitative estimate of drug-likeness (QED) is 0.799. The molecule has 0 saturated heterocycles. The van der Waals surface area contributed by atoms with Crippen molar-refractivity contribution < 1.29 is 9.59 Å². The number of hydrogen-bond donors (Lipinski definition) is 2. The van der Waals surface area contributed by atoms with Gasteiger partial charge in [0.15, 0.2) is 0 Å². The number of rotatable bonds is 5. The Morgan fingerprint density at radius 2 is 1.89 bits per heavy atom. The molecule has 0 aliphatic rings. The number of benzene rings is 1. The maximum absolute atomic E-state index is 11.5. The summed E-state index contributed by atoms with van der Waals surface area (Å²) < 4.78 is 0. The number of likely N-dealkylation sites (N-methyl/N-ethyl adjacent to an activating group) is 1. The van der Waals surface area contributed by atoms with Crippen LogP contribution in [0.3, 0.4) is 0 Å². The molecule has 0 aliphatic carbocycles. The summed E-state index contributed by atoms with van der Waals surface area (Å²) in [5.74, 6) is -0.317. The summed E-state index contributed by atoms with van der Waals surface area (Å²) in [5.41, 5.74) is 1.13. The van der Waals surface area contributed by atoms with Crippen LogP contribution in [0.1, 0.15) is 5.56 Å². The summed E-state index contributed by atoms with van der Waals surface area (Å²) in [6.07, 6.45) is 2.03. The van der Waals surface area contributed by atoms with Crippen LogP contribution in [0.4, 0.5) is 4.79 Å². The summed E-state index contributed by atoms with van der Waals surface area (Å²) in [5, 5.41) is 4.57. The van der Waals surface area contributed by atoms with E-state index in [1.165, 1.54) is 11.9 Å². The molecule has 1 aromatic rings. The standard InChI is InChI=1S/C13H19N3O2S/c1-14-13(18)15-12(17)9-16(2)8-10-4-6-11(19-3)7-5-10/h4-7H,8-9H2,1-3H3,(H2,14,15,17,18). The molecule has 0 bridgehead atoms. The van der Waals surface area contributed by atoms with Gasteiger partial charge in [0.05, 0.1) is 6.54 Å². The molecule has 1 aromatic carbocycles. The first kappa shape index (κ1) is 15.5. The lowest BCUT2D eigenvalue weighted by atomic mass is 10.2. The molecule has 0 saturated carbocycles. The number of urea groups is 1. The molecule has 19 heavy (non-hydrogen) atoms. The highest BCUT2D eigenvalue weighted by molar-refractivity contribution is 7.98. The third-order valence-corrected chi connectivity index (χ3v) is 3.25. The molecular formula is C13H19N3O2S. The van der Waals surface area contributed by atoms with Crippen molar-refractivity contribution in [1.82, 2.24) is 15.5 Å². The molecule has 104 valence electrons. The van der Waals surface area contributed by atoms with Crippen LogP contribution >= 0.6 is 11.8 Å². The number of hydrogen-bond acceptors (Lipinski definition) is 4. The molecule has 0 spiro atoms. The fourth-order valence-corrected chi connectivity index (χ4v) is 1.98. The van der Waals surface area contributed by atoms with Gasteiger partial charge in [-0.2, -0.15) is 0 Å². The second kappa shape index (κ2) is 7.81. The summed E-state index contributed by atoms with van der Waals surface area (Å²) in [6.45, 7) is 0.841. The van der Waals surface area contributed by atoms with Crippen molar-refractivity contribution in [2.24, 2.45) is 0 Å². The van der Waals surface area contributed by atoms with Gasteiger partial charge in [-0.25, -0.2) is 4.79 Å². The van der Waals surface area contributed by atoms with Crippen LogP contribution in [0.5, 0.6) is 0 Å². The zero-order valence-electron chi connectivity index (χ0n) is 11.4. The molecule has 0 fully saturated rings. The van der Waals surface area contributed by atoms with Gasteiger partial charge in [-0.1, -0.05) is 12.1 Å². The average molecular weight is 281 g/mol. The van der Waals surface area contributed by atoms with Gasteiger partial charge in [0.25, 0.3) is 0 Å². The van der Waals surface area contributed by atoms with Gasteiger partial charge in [0.2, 0.25) is 5.91 Å². The Hall–Kier alpha value is -1.53. The highest BCUT2D eigenvalue weighted by Gasteiger charge is 2.09. The number of imide groups is 1. The minimum absolute atomic E-state index is 0.178. The van der Waals surface area contributed by atoms with E-state index in [0.29, 0.717) is 6.54 Å². The molecule has 0 heterocycles. The van der Waals surface area contributed by atoms with Gasteiger partial charge in [-0.05, 0) is 31.0 Å². The van der Waals surface area contributed by atoms with Gasteiger partial charge in [0, 0.05) is 18.5 Å². The second-order valence-electron chi connectivity index (χ2n) is 4.15. The lowest BCUT2D eigenvalue weighted by molar-refractivity contribution is -0.120. The van der Waals surface area contributed by atoms with Crippen molar-refractivity contribution >= 4 is 23.7 Å². The molecule has 0 atom stereocenters. The number of amides is 3. The smallest absolute Gasteiger partial charge is 0.321 e. The fourth-order valence-electron chi connectivity index (χ4n) is 1.57. The normalized spacial score (nSPS) is 10.3. The molecule has 1 rings (SSSR count). The zero-order valence-corrected chi connectivity index (χ0v) is 12.2. The highest BCUT2D eigenvalue weighted by Crippen LogP contribution is 2.15. The molecular weight excluding hydrogens is 262 g/mol. The Balaban J connectivity index is 2.43. The Bertz CT molecular complexity index is 434. The minimum atomic E-state index is -0.484. The average Bonchev–Trinajstić information content (AvgIpc) is 2.39. The molecule has 3 amide bonds. The fraction of sp³-hybridized carbons (Fsp3) is 0.385. The molecule has 0 aromatic heterocycles. The Labute approximate surface area is 117 Å². The van der Waals surface area contributed by atoms with Crippen LogP contribution < -0.4 is 10.6 Å².